The highest BCUT2D eigenvalue weighted by atomic mass is 32.1. The predicted molar refractivity (Wildman–Crippen MR) is 145 cm³/mol. The van der Waals surface area contributed by atoms with Gasteiger partial charge in [0, 0.05) is 18.0 Å². The van der Waals surface area contributed by atoms with E-state index in [2.05, 4.69) is 37.3 Å². The Morgan fingerprint density at radius 3 is 2.34 bits per heavy atom. The fourth-order valence-corrected chi connectivity index (χ4v) is 5.37. The lowest BCUT2D eigenvalue weighted by Crippen LogP contribution is -2.20. The Kier molecular flexibility index (Phi) is 6.23. The average molecular weight is 500 g/mol. The van der Waals surface area contributed by atoms with E-state index in [1.54, 1.807) is 16.0 Å². The molecule has 8 heteroatoms. The van der Waals surface area contributed by atoms with E-state index in [0.717, 1.165) is 33.2 Å². The number of rotatable bonds is 5. The average Bonchev–Trinajstić information content (AvgIpc) is 3.58. The molecule has 0 unspecified atom stereocenters. The molecule has 5 aromatic rings. The van der Waals surface area contributed by atoms with E-state index in [1.807, 2.05) is 77.4 Å². The molecule has 3 heterocycles. The van der Waals surface area contributed by atoms with Crippen LogP contribution in [0.3, 0.4) is 0 Å². The van der Waals surface area contributed by atoms with Gasteiger partial charge in [0.1, 0.15) is 0 Å². The van der Waals surface area contributed by atoms with Crippen molar-refractivity contribution in [1.29, 1.82) is 0 Å². The molecule has 2 aromatic carbocycles. The molecule has 5 rings (SSSR count). The van der Waals surface area contributed by atoms with Crippen LogP contribution in [0.25, 0.3) is 16.9 Å². The van der Waals surface area contributed by atoms with Crippen LogP contribution in [0.15, 0.2) is 92.4 Å². The number of thiophene rings is 1. The molecule has 0 saturated carbocycles. The topological polar surface area (TPSA) is 56.6 Å². The lowest BCUT2D eigenvalue weighted by atomic mass is 10.1. The first-order chi connectivity index (χ1) is 16.9. The van der Waals surface area contributed by atoms with Crippen molar-refractivity contribution in [2.45, 2.75) is 20.8 Å². The molecule has 0 aliphatic rings. The summed E-state index contributed by atoms with van der Waals surface area (Å²) >= 11 is 3.12. The summed E-state index contributed by atoms with van der Waals surface area (Å²) in [6.07, 6.45) is 0. The summed E-state index contributed by atoms with van der Waals surface area (Å²) in [5.41, 5.74) is 5.90. The molecule has 0 aliphatic carbocycles. The summed E-state index contributed by atoms with van der Waals surface area (Å²) in [5.74, 6) is 0. The lowest BCUT2D eigenvalue weighted by Gasteiger charge is -2.07. The molecule has 0 saturated heterocycles. The van der Waals surface area contributed by atoms with E-state index in [1.165, 1.54) is 16.9 Å². The van der Waals surface area contributed by atoms with Crippen LogP contribution >= 0.6 is 22.7 Å². The third-order valence-corrected chi connectivity index (χ3v) is 7.69. The highest BCUT2D eigenvalue weighted by molar-refractivity contribution is 7.12. The Labute approximate surface area is 211 Å². The van der Waals surface area contributed by atoms with Gasteiger partial charge < -0.3 is 0 Å². The second kappa shape index (κ2) is 9.48. The summed E-state index contributed by atoms with van der Waals surface area (Å²) in [5, 5.41) is 9.03. The minimum absolute atomic E-state index is 0.160. The fraction of sp³-hybridized carbons (Fsp3) is 0.148. The Morgan fingerprint density at radius 2 is 1.66 bits per heavy atom. The molecule has 0 spiro atoms. The Hall–Kier alpha value is -3.75. The van der Waals surface area contributed by atoms with Gasteiger partial charge in [-0.2, -0.15) is 5.10 Å². The van der Waals surface area contributed by atoms with Gasteiger partial charge in [0.2, 0.25) is 4.80 Å². The van der Waals surface area contributed by atoms with Gasteiger partial charge in [-0.05, 0) is 44.4 Å². The molecular weight excluding hydrogens is 474 g/mol. The first-order valence-corrected chi connectivity index (χ1v) is 13.0. The number of hydrogen-bond acceptors (Lipinski definition) is 5. The molecule has 176 valence electrons. The third-order valence-electron chi connectivity index (χ3n) is 5.89. The van der Waals surface area contributed by atoms with Gasteiger partial charge in [-0.15, -0.1) is 22.7 Å². The number of thiazole rings is 1. The van der Waals surface area contributed by atoms with Crippen molar-refractivity contribution in [3.05, 3.63) is 109 Å². The molecule has 0 amide bonds. The van der Waals surface area contributed by atoms with Gasteiger partial charge >= 0.3 is 0 Å². The number of aryl methyl sites for hydroxylation is 1. The van der Waals surface area contributed by atoms with Crippen molar-refractivity contribution in [3.63, 3.8) is 0 Å². The Balaban J connectivity index is 1.73. The second-order valence-corrected chi connectivity index (χ2v) is 10.1. The maximum atomic E-state index is 13.5. The summed E-state index contributed by atoms with van der Waals surface area (Å²) in [4.78, 5) is 20.1. The van der Waals surface area contributed by atoms with Gasteiger partial charge in [-0.25, -0.2) is 14.4 Å². The van der Waals surface area contributed by atoms with Crippen molar-refractivity contribution in [3.8, 4) is 16.9 Å². The van der Waals surface area contributed by atoms with E-state index < -0.39 is 0 Å². The van der Waals surface area contributed by atoms with Crippen LogP contribution in [0.1, 0.15) is 23.1 Å². The van der Waals surface area contributed by atoms with Gasteiger partial charge in [0.05, 0.1) is 27.7 Å². The largest absolute Gasteiger partial charge is 0.297 e. The van der Waals surface area contributed by atoms with Gasteiger partial charge in [0.15, 0.2) is 5.69 Å². The van der Waals surface area contributed by atoms with Gasteiger partial charge in [0.25, 0.3) is 5.56 Å². The van der Waals surface area contributed by atoms with Crippen LogP contribution in [-0.2, 0) is 7.05 Å². The second-order valence-electron chi connectivity index (χ2n) is 8.27. The van der Waals surface area contributed by atoms with Crippen molar-refractivity contribution in [2.75, 3.05) is 0 Å². The van der Waals surface area contributed by atoms with Crippen LogP contribution in [0.2, 0.25) is 0 Å². The smallest absolute Gasteiger partial charge is 0.283 e. The maximum Gasteiger partial charge on any atom is 0.297 e. The summed E-state index contributed by atoms with van der Waals surface area (Å²) < 4.78 is 5.34. The molecular formula is C27H25N5OS2. The summed E-state index contributed by atoms with van der Waals surface area (Å²) in [6.45, 7) is 5.98. The summed E-state index contributed by atoms with van der Waals surface area (Å²) in [7, 11) is 1.88. The number of para-hydroxylation sites is 1. The fourth-order valence-electron chi connectivity index (χ4n) is 3.86. The SMILES string of the molecule is CC(=Nn1c(-c2ccc(C)cc2)csc1=Nc1c(C)n(C)n(-c2ccccc2)c1=O)c1cccs1. The first-order valence-electron chi connectivity index (χ1n) is 11.2. The van der Waals surface area contributed by atoms with Crippen LogP contribution in [0.5, 0.6) is 0 Å². The molecule has 0 aliphatic heterocycles. The molecule has 0 fully saturated rings. The van der Waals surface area contributed by atoms with Crippen molar-refractivity contribution >= 4 is 34.1 Å². The van der Waals surface area contributed by atoms with E-state index in [4.69, 9.17) is 10.1 Å². The molecule has 3 aromatic heterocycles. The zero-order chi connectivity index (χ0) is 24.5. The quantitative estimate of drug-likeness (QED) is 0.278. The zero-order valence-corrected chi connectivity index (χ0v) is 21.6. The minimum atomic E-state index is -0.160. The Bertz CT molecular complexity index is 1630. The number of hydrogen-bond donors (Lipinski definition) is 0. The van der Waals surface area contributed by atoms with Crippen LogP contribution in [0, 0.1) is 13.8 Å². The molecule has 35 heavy (non-hydrogen) atoms. The molecule has 0 N–H and O–H groups in total. The number of nitrogens with zero attached hydrogens (tertiary/aromatic N) is 5. The Morgan fingerprint density at radius 1 is 0.914 bits per heavy atom. The first kappa shape index (κ1) is 23.0. The van der Waals surface area contributed by atoms with Gasteiger partial charge in [-0.1, -0.05) is 54.1 Å². The third kappa shape index (κ3) is 4.38. The van der Waals surface area contributed by atoms with E-state index in [9.17, 15) is 4.79 Å². The van der Waals surface area contributed by atoms with Crippen molar-refractivity contribution in [2.24, 2.45) is 17.1 Å². The number of aromatic nitrogens is 3. The highest BCUT2D eigenvalue weighted by Gasteiger charge is 2.17. The van der Waals surface area contributed by atoms with Crippen LogP contribution < -0.4 is 10.4 Å². The summed E-state index contributed by atoms with van der Waals surface area (Å²) in [6, 6.07) is 22.0. The maximum absolute atomic E-state index is 13.5. The lowest BCUT2D eigenvalue weighted by molar-refractivity contribution is 0.630. The standard InChI is InChI=1S/C27H25N5OS2/c1-18-12-14-21(15-13-18)23-17-35-27(31(23)29-19(2)24-11-8-16-34-24)28-25-20(3)30(4)32(26(25)33)22-9-6-5-7-10-22/h5-17H,1-4H3. The van der Waals surface area contributed by atoms with E-state index in [-0.39, 0.29) is 5.56 Å². The molecule has 6 nitrogen and oxygen atoms in total. The normalized spacial score (nSPS) is 12.5. The molecule has 0 radical (unpaired) electrons. The zero-order valence-electron chi connectivity index (χ0n) is 20.0. The van der Waals surface area contributed by atoms with E-state index >= 15 is 0 Å². The van der Waals surface area contributed by atoms with Crippen molar-refractivity contribution < 1.29 is 0 Å². The highest BCUT2D eigenvalue weighted by Crippen LogP contribution is 2.23. The molecule has 0 bridgehead atoms. The monoisotopic (exact) mass is 499 g/mol. The van der Waals surface area contributed by atoms with E-state index in [0.29, 0.717) is 10.5 Å². The van der Waals surface area contributed by atoms with Gasteiger partial charge in [-0.3, -0.25) is 9.48 Å². The number of benzene rings is 2. The van der Waals surface area contributed by atoms with Crippen molar-refractivity contribution in [1.82, 2.24) is 14.0 Å². The van der Waals surface area contributed by atoms with Crippen LogP contribution in [0.4, 0.5) is 5.69 Å². The predicted octanol–water partition coefficient (Wildman–Crippen LogP) is 5.89. The molecule has 0 atom stereocenters. The van der Waals surface area contributed by atoms with Crippen LogP contribution in [-0.4, -0.2) is 19.8 Å². The minimum Gasteiger partial charge on any atom is -0.283 e.